The molecule has 1 saturated heterocycles. The predicted octanol–water partition coefficient (Wildman–Crippen LogP) is 1.27. The van der Waals surface area contributed by atoms with Gasteiger partial charge in [0, 0.05) is 13.1 Å². The van der Waals surface area contributed by atoms with Crippen LogP contribution in [0.3, 0.4) is 0 Å². The SMILES string of the molecule is NC1=NC2(CCCCC2)N(c2ccccc2C(=O)N2CCOCC2)C(N)=N1. The molecule has 27 heavy (non-hydrogen) atoms. The van der Waals surface area contributed by atoms with Gasteiger partial charge in [0.25, 0.3) is 5.91 Å². The van der Waals surface area contributed by atoms with E-state index in [0.29, 0.717) is 37.8 Å². The molecule has 4 rings (SSSR count). The van der Waals surface area contributed by atoms with Gasteiger partial charge in [0.05, 0.1) is 24.5 Å². The highest BCUT2D eigenvalue weighted by molar-refractivity contribution is 6.10. The van der Waals surface area contributed by atoms with Crippen LogP contribution in [-0.4, -0.2) is 54.7 Å². The third-order valence-corrected chi connectivity index (χ3v) is 5.53. The number of nitrogens with two attached hydrogens (primary N) is 2. The van der Waals surface area contributed by atoms with Crippen molar-refractivity contribution in [3.63, 3.8) is 0 Å². The number of amides is 1. The molecule has 0 radical (unpaired) electrons. The molecule has 3 aliphatic rings. The number of carbonyl (C=O) groups excluding carboxylic acids is 1. The molecule has 8 heteroatoms. The minimum Gasteiger partial charge on any atom is -0.378 e. The van der Waals surface area contributed by atoms with E-state index in [1.54, 1.807) is 0 Å². The number of ether oxygens (including phenoxy) is 1. The number of hydrogen-bond acceptors (Lipinski definition) is 7. The highest BCUT2D eigenvalue weighted by Crippen LogP contribution is 2.40. The Kier molecular flexibility index (Phi) is 4.73. The molecule has 0 atom stereocenters. The molecule has 1 amide bonds. The lowest BCUT2D eigenvalue weighted by atomic mass is 9.87. The normalized spacial score (nSPS) is 22.4. The largest absolute Gasteiger partial charge is 0.378 e. The van der Waals surface area contributed by atoms with Crippen molar-refractivity contribution in [1.82, 2.24) is 4.90 Å². The van der Waals surface area contributed by atoms with E-state index in [1.807, 2.05) is 34.1 Å². The van der Waals surface area contributed by atoms with Crippen molar-refractivity contribution in [3.8, 4) is 0 Å². The van der Waals surface area contributed by atoms with E-state index in [4.69, 9.17) is 21.2 Å². The van der Waals surface area contributed by atoms with Crippen LogP contribution in [0.4, 0.5) is 5.69 Å². The summed E-state index contributed by atoms with van der Waals surface area (Å²) < 4.78 is 5.38. The first-order chi connectivity index (χ1) is 13.1. The zero-order valence-corrected chi connectivity index (χ0v) is 15.4. The van der Waals surface area contributed by atoms with Gasteiger partial charge in [-0.3, -0.25) is 9.69 Å². The van der Waals surface area contributed by atoms with Crippen LogP contribution >= 0.6 is 0 Å². The lowest BCUT2D eigenvalue weighted by Gasteiger charge is -2.46. The van der Waals surface area contributed by atoms with E-state index >= 15 is 0 Å². The van der Waals surface area contributed by atoms with Crippen LogP contribution in [0.15, 0.2) is 34.3 Å². The highest BCUT2D eigenvalue weighted by Gasteiger charge is 2.43. The fourth-order valence-electron chi connectivity index (χ4n) is 4.26. The average Bonchev–Trinajstić information content (AvgIpc) is 2.68. The molecule has 0 aromatic heterocycles. The summed E-state index contributed by atoms with van der Waals surface area (Å²) in [6.07, 6.45) is 4.92. The highest BCUT2D eigenvalue weighted by atomic mass is 16.5. The van der Waals surface area contributed by atoms with Crippen LogP contribution in [0.25, 0.3) is 0 Å². The van der Waals surface area contributed by atoms with Gasteiger partial charge in [-0.2, -0.15) is 4.99 Å². The lowest BCUT2D eigenvalue weighted by Crippen LogP contribution is -2.58. The van der Waals surface area contributed by atoms with Crippen molar-refractivity contribution < 1.29 is 9.53 Å². The summed E-state index contributed by atoms with van der Waals surface area (Å²) in [6, 6.07) is 7.55. The Morgan fingerprint density at radius 2 is 1.78 bits per heavy atom. The third kappa shape index (κ3) is 3.25. The molecule has 1 aliphatic carbocycles. The van der Waals surface area contributed by atoms with Gasteiger partial charge in [0.2, 0.25) is 11.9 Å². The molecule has 1 aromatic rings. The number of para-hydroxylation sites is 1. The summed E-state index contributed by atoms with van der Waals surface area (Å²) in [4.78, 5) is 25.9. The van der Waals surface area contributed by atoms with Crippen molar-refractivity contribution in [1.29, 1.82) is 0 Å². The topological polar surface area (TPSA) is 110 Å². The zero-order chi connectivity index (χ0) is 18.9. The Balaban J connectivity index is 1.75. The van der Waals surface area contributed by atoms with Crippen molar-refractivity contribution >= 4 is 23.5 Å². The molecular weight excluding hydrogens is 344 g/mol. The van der Waals surface area contributed by atoms with Gasteiger partial charge in [-0.05, 0) is 37.8 Å². The number of benzene rings is 1. The molecule has 8 nitrogen and oxygen atoms in total. The van der Waals surface area contributed by atoms with Crippen LogP contribution in [0.5, 0.6) is 0 Å². The maximum absolute atomic E-state index is 13.2. The van der Waals surface area contributed by atoms with Crippen LogP contribution in [-0.2, 0) is 4.74 Å². The van der Waals surface area contributed by atoms with Gasteiger partial charge in [-0.25, -0.2) is 4.99 Å². The van der Waals surface area contributed by atoms with E-state index in [0.717, 1.165) is 37.8 Å². The van der Waals surface area contributed by atoms with Crippen LogP contribution < -0.4 is 16.4 Å². The zero-order valence-electron chi connectivity index (χ0n) is 15.4. The predicted molar refractivity (Wildman–Crippen MR) is 105 cm³/mol. The van der Waals surface area contributed by atoms with E-state index in [-0.39, 0.29) is 11.9 Å². The quantitative estimate of drug-likeness (QED) is 0.815. The maximum Gasteiger partial charge on any atom is 0.256 e. The summed E-state index contributed by atoms with van der Waals surface area (Å²) in [6.45, 7) is 2.30. The van der Waals surface area contributed by atoms with Gasteiger partial charge in [-0.1, -0.05) is 18.6 Å². The smallest absolute Gasteiger partial charge is 0.256 e. The average molecular weight is 370 g/mol. The number of rotatable bonds is 2. The lowest BCUT2D eigenvalue weighted by molar-refractivity contribution is 0.0303. The monoisotopic (exact) mass is 370 g/mol. The second kappa shape index (κ2) is 7.19. The summed E-state index contributed by atoms with van der Waals surface area (Å²) in [7, 11) is 0. The maximum atomic E-state index is 13.2. The number of anilines is 1. The number of hydrogen-bond donors (Lipinski definition) is 2. The molecule has 1 aromatic carbocycles. The second-order valence-electron chi connectivity index (χ2n) is 7.24. The molecule has 0 bridgehead atoms. The fraction of sp³-hybridized carbons (Fsp3) is 0.526. The number of nitrogens with zero attached hydrogens (tertiary/aromatic N) is 4. The van der Waals surface area contributed by atoms with Gasteiger partial charge in [0.1, 0.15) is 5.66 Å². The van der Waals surface area contributed by atoms with Crippen molar-refractivity contribution in [2.45, 2.75) is 37.8 Å². The number of aliphatic imine (C=N–C) groups is 2. The molecule has 144 valence electrons. The first-order valence-corrected chi connectivity index (χ1v) is 9.56. The summed E-state index contributed by atoms with van der Waals surface area (Å²) in [5.74, 6) is 0.490. The summed E-state index contributed by atoms with van der Waals surface area (Å²) in [5, 5.41) is 0. The number of morpholine rings is 1. The first kappa shape index (κ1) is 17.8. The molecule has 1 saturated carbocycles. The Morgan fingerprint density at radius 3 is 2.52 bits per heavy atom. The van der Waals surface area contributed by atoms with Crippen LogP contribution in [0, 0.1) is 0 Å². The number of carbonyl (C=O) groups is 1. The van der Waals surface area contributed by atoms with Crippen molar-refractivity contribution in [2.24, 2.45) is 21.5 Å². The van der Waals surface area contributed by atoms with E-state index < -0.39 is 5.66 Å². The van der Waals surface area contributed by atoms with E-state index in [1.165, 1.54) is 0 Å². The standard InChI is InChI=1S/C19H26N6O2/c20-17-22-18(21)25(19(23-17)8-4-1-5-9-19)15-7-3-2-6-14(15)16(26)24-10-12-27-13-11-24/h2-3,6-7H,1,4-5,8-13H2,(H4,20,21,22,23). The molecule has 2 aliphatic heterocycles. The van der Waals surface area contributed by atoms with Crippen molar-refractivity contribution in [2.75, 3.05) is 31.2 Å². The Bertz CT molecular complexity index is 778. The van der Waals surface area contributed by atoms with Crippen molar-refractivity contribution in [3.05, 3.63) is 29.8 Å². The van der Waals surface area contributed by atoms with Gasteiger partial charge >= 0.3 is 0 Å². The summed E-state index contributed by atoms with van der Waals surface area (Å²) in [5.41, 5.74) is 13.1. The molecule has 0 unspecified atom stereocenters. The molecular formula is C19H26N6O2. The Hall–Kier alpha value is -2.61. The Morgan fingerprint density at radius 1 is 1.07 bits per heavy atom. The van der Waals surface area contributed by atoms with Gasteiger partial charge in [-0.15, -0.1) is 0 Å². The van der Waals surface area contributed by atoms with Crippen LogP contribution in [0.1, 0.15) is 42.5 Å². The van der Waals surface area contributed by atoms with E-state index in [2.05, 4.69) is 4.99 Å². The number of guanidine groups is 2. The van der Waals surface area contributed by atoms with Gasteiger partial charge < -0.3 is 21.1 Å². The molecule has 2 fully saturated rings. The first-order valence-electron chi connectivity index (χ1n) is 9.56. The fourth-order valence-corrected chi connectivity index (χ4v) is 4.26. The molecule has 1 spiro atoms. The van der Waals surface area contributed by atoms with Crippen LogP contribution in [0.2, 0.25) is 0 Å². The molecule has 4 N–H and O–H groups in total. The summed E-state index contributed by atoms with van der Waals surface area (Å²) >= 11 is 0. The minimum absolute atomic E-state index is 0.0183. The van der Waals surface area contributed by atoms with E-state index in [9.17, 15) is 4.79 Å². The Labute approximate surface area is 158 Å². The third-order valence-electron chi connectivity index (χ3n) is 5.53. The second-order valence-corrected chi connectivity index (χ2v) is 7.24. The molecule has 2 heterocycles. The minimum atomic E-state index is -0.560. The van der Waals surface area contributed by atoms with Gasteiger partial charge in [0.15, 0.2) is 0 Å².